The maximum absolute atomic E-state index is 13.1. The number of aromatic nitrogens is 3. The van der Waals surface area contributed by atoms with E-state index in [0.29, 0.717) is 43.7 Å². The van der Waals surface area contributed by atoms with Crippen molar-refractivity contribution in [3.05, 3.63) is 62.7 Å². The number of benzene rings is 2. The topological polar surface area (TPSA) is 75.0 Å². The monoisotopic (exact) mass is 413 g/mol. The van der Waals surface area contributed by atoms with Gasteiger partial charge in [-0.3, -0.25) is 4.79 Å². The van der Waals surface area contributed by atoms with E-state index in [4.69, 9.17) is 14.2 Å². The van der Waals surface area contributed by atoms with Crippen molar-refractivity contribution in [1.29, 1.82) is 0 Å². The van der Waals surface area contributed by atoms with Crippen molar-refractivity contribution in [2.75, 3.05) is 21.3 Å². The second-order valence-electron chi connectivity index (χ2n) is 6.01. The Kier molecular flexibility index (Phi) is 4.89. The first-order chi connectivity index (χ1) is 14.0. The van der Waals surface area contributed by atoms with Crippen LogP contribution in [0.1, 0.15) is 5.56 Å². The first kappa shape index (κ1) is 18.9. The summed E-state index contributed by atoms with van der Waals surface area (Å²) in [6.07, 6.45) is 1.71. The van der Waals surface area contributed by atoms with Crippen molar-refractivity contribution in [2.45, 2.75) is 0 Å². The molecule has 0 fully saturated rings. The molecule has 4 aromatic rings. The SMILES string of the molecule is COc1cc(/C=c2/sc3nc(-c4ccc(F)cc4)nn3c2=O)cc(OC)c1OC. The van der Waals surface area contributed by atoms with Crippen LogP contribution in [0.4, 0.5) is 4.39 Å². The van der Waals surface area contributed by atoms with Crippen molar-refractivity contribution in [2.24, 2.45) is 0 Å². The lowest BCUT2D eigenvalue weighted by molar-refractivity contribution is 0.324. The smallest absolute Gasteiger partial charge is 0.291 e. The average Bonchev–Trinajstić information content (AvgIpc) is 3.27. The summed E-state index contributed by atoms with van der Waals surface area (Å²) in [7, 11) is 4.58. The molecule has 4 rings (SSSR count). The quantitative estimate of drug-likeness (QED) is 0.501. The normalized spacial score (nSPS) is 11.8. The summed E-state index contributed by atoms with van der Waals surface area (Å²) in [6.45, 7) is 0. The van der Waals surface area contributed by atoms with Crippen LogP contribution < -0.4 is 24.3 Å². The predicted molar refractivity (Wildman–Crippen MR) is 107 cm³/mol. The second kappa shape index (κ2) is 7.51. The Morgan fingerprint density at radius 1 is 1.03 bits per heavy atom. The zero-order valence-electron chi connectivity index (χ0n) is 15.8. The molecule has 148 valence electrons. The van der Waals surface area contributed by atoms with E-state index in [1.54, 1.807) is 30.3 Å². The van der Waals surface area contributed by atoms with E-state index in [2.05, 4.69) is 10.1 Å². The summed E-state index contributed by atoms with van der Waals surface area (Å²) in [6, 6.07) is 9.30. The maximum atomic E-state index is 13.1. The van der Waals surface area contributed by atoms with Gasteiger partial charge < -0.3 is 14.2 Å². The molecule has 0 aliphatic heterocycles. The molecule has 0 saturated carbocycles. The van der Waals surface area contributed by atoms with E-state index in [1.807, 2.05) is 0 Å². The van der Waals surface area contributed by atoms with Gasteiger partial charge >= 0.3 is 0 Å². The van der Waals surface area contributed by atoms with Crippen molar-refractivity contribution in [3.8, 4) is 28.6 Å². The highest BCUT2D eigenvalue weighted by molar-refractivity contribution is 7.15. The van der Waals surface area contributed by atoms with E-state index in [1.165, 1.54) is 49.3 Å². The van der Waals surface area contributed by atoms with Crippen molar-refractivity contribution in [3.63, 3.8) is 0 Å². The molecule has 2 aromatic carbocycles. The third-order valence-corrected chi connectivity index (χ3v) is 5.23. The molecule has 0 bridgehead atoms. The molecule has 0 aliphatic rings. The predicted octanol–water partition coefficient (Wildman–Crippen LogP) is 2.53. The largest absolute Gasteiger partial charge is 0.493 e. The molecule has 0 aliphatic carbocycles. The zero-order valence-corrected chi connectivity index (χ0v) is 16.6. The molecule has 2 aromatic heterocycles. The number of rotatable bonds is 5. The van der Waals surface area contributed by atoms with Crippen molar-refractivity contribution in [1.82, 2.24) is 14.6 Å². The minimum Gasteiger partial charge on any atom is -0.493 e. The van der Waals surface area contributed by atoms with Gasteiger partial charge in [-0.05, 0) is 48.0 Å². The lowest BCUT2D eigenvalue weighted by Gasteiger charge is -2.12. The second-order valence-corrected chi connectivity index (χ2v) is 7.02. The van der Waals surface area contributed by atoms with Crippen LogP contribution in [0.25, 0.3) is 22.4 Å². The third kappa shape index (κ3) is 3.40. The number of fused-ring (bicyclic) bond motifs is 1. The molecule has 0 spiro atoms. The number of thiazole rings is 1. The Morgan fingerprint density at radius 3 is 2.24 bits per heavy atom. The highest BCUT2D eigenvalue weighted by Gasteiger charge is 2.14. The number of methoxy groups -OCH3 is 3. The van der Waals surface area contributed by atoms with Gasteiger partial charge in [0.15, 0.2) is 17.3 Å². The van der Waals surface area contributed by atoms with Gasteiger partial charge in [-0.15, -0.1) is 5.10 Å². The van der Waals surface area contributed by atoms with Crippen LogP contribution in [-0.2, 0) is 0 Å². The lowest BCUT2D eigenvalue weighted by Crippen LogP contribution is -2.23. The van der Waals surface area contributed by atoms with Crippen molar-refractivity contribution >= 4 is 22.4 Å². The van der Waals surface area contributed by atoms with Crippen LogP contribution in [-0.4, -0.2) is 35.9 Å². The molecule has 0 radical (unpaired) electrons. The molecular formula is C20H16FN3O4S. The molecule has 0 amide bonds. The highest BCUT2D eigenvalue weighted by atomic mass is 32.1. The molecule has 0 N–H and O–H groups in total. The van der Waals surface area contributed by atoms with Crippen LogP contribution in [0.2, 0.25) is 0 Å². The molecule has 9 heteroatoms. The lowest BCUT2D eigenvalue weighted by atomic mass is 10.1. The Hall–Kier alpha value is -3.46. The van der Waals surface area contributed by atoms with Crippen LogP contribution in [0, 0.1) is 5.82 Å². The fourth-order valence-electron chi connectivity index (χ4n) is 2.89. The summed E-state index contributed by atoms with van der Waals surface area (Å²) in [5.41, 5.74) is 1.05. The van der Waals surface area contributed by atoms with Crippen LogP contribution in [0.15, 0.2) is 41.2 Å². The molecule has 0 unspecified atom stereocenters. The molecule has 0 atom stereocenters. The fraction of sp³-hybridized carbons (Fsp3) is 0.150. The maximum Gasteiger partial charge on any atom is 0.291 e. The molecular weight excluding hydrogens is 397 g/mol. The zero-order chi connectivity index (χ0) is 20.5. The van der Waals surface area contributed by atoms with Gasteiger partial charge in [0.2, 0.25) is 10.7 Å². The molecule has 2 heterocycles. The van der Waals surface area contributed by atoms with Gasteiger partial charge in [0, 0.05) is 5.56 Å². The van der Waals surface area contributed by atoms with Crippen LogP contribution in [0.5, 0.6) is 17.2 Å². The van der Waals surface area contributed by atoms with E-state index < -0.39 is 0 Å². The summed E-state index contributed by atoms with van der Waals surface area (Å²) in [5.74, 6) is 1.47. The fourth-order valence-corrected chi connectivity index (χ4v) is 3.80. The summed E-state index contributed by atoms with van der Waals surface area (Å²) in [4.78, 5) is 17.6. The van der Waals surface area contributed by atoms with Gasteiger partial charge in [-0.2, -0.15) is 9.50 Å². The van der Waals surface area contributed by atoms with E-state index in [9.17, 15) is 9.18 Å². The Balaban J connectivity index is 1.80. The van der Waals surface area contributed by atoms with Gasteiger partial charge in [0.1, 0.15) is 5.82 Å². The number of halogens is 1. The van der Waals surface area contributed by atoms with Crippen molar-refractivity contribution < 1.29 is 18.6 Å². The van der Waals surface area contributed by atoms with Gasteiger partial charge in [0.25, 0.3) is 5.56 Å². The number of hydrogen-bond donors (Lipinski definition) is 0. The highest BCUT2D eigenvalue weighted by Crippen LogP contribution is 2.38. The first-order valence-electron chi connectivity index (χ1n) is 8.51. The van der Waals surface area contributed by atoms with E-state index in [-0.39, 0.29) is 11.4 Å². The molecule has 0 saturated heterocycles. The minimum atomic E-state index is -0.346. The van der Waals surface area contributed by atoms with E-state index in [0.717, 1.165) is 0 Å². The number of hydrogen-bond acceptors (Lipinski definition) is 7. The number of nitrogens with zero attached hydrogens (tertiary/aromatic N) is 3. The average molecular weight is 413 g/mol. The molecule has 29 heavy (non-hydrogen) atoms. The number of ether oxygens (including phenoxy) is 3. The van der Waals surface area contributed by atoms with Crippen LogP contribution >= 0.6 is 11.3 Å². The van der Waals surface area contributed by atoms with Crippen LogP contribution in [0.3, 0.4) is 0 Å². The van der Waals surface area contributed by atoms with Gasteiger partial charge in [-0.25, -0.2) is 4.39 Å². The molecule has 7 nitrogen and oxygen atoms in total. The minimum absolute atomic E-state index is 0.292. The Morgan fingerprint density at radius 2 is 1.69 bits per heavy atom. The third-order valence-electron chi connectivity index (χ3n) is 4.27. The summed E-state index contributed by atoms with van der Waals surface area (Å²) in [5, 5.41) is 4.26. The van der Waals surface area contributed by atoms with Gasteiger partial charge in [-0.1, -0.05) is 11.3 Å². The Bertz CT molecular complexity index is 1270. The van der Waals surface area contributed by atoms with E-state index >= 15 is 0 Å². The Labute approximate surface area is 168 Å². The summed E-state index contributed by atoms with van der Waals surface area (Å²) >= 11 is 1.21. The summed E-state index contributed by atoms with van der Waals surface area (Å²) < 4.78 is 30.8. The van der Waals surface area contributed by atoms with Gasteiger partial charge in [0.05, 0.1) is 25.9 Å². The first-order valence-corrected chi connectivity index (χ1v) is 9.33. The standard InChI is InChI=1S/C20H16FN3O4S/c1-26-14-8-11(9-15(27-2)17(14)28-3)10-16-19(25)24-20(29-16)22-18(23-24)12-4-6-13(21)7-5-12/h4-10H,1-3H3/b16-10+.